The Kier molecular flexibility index (Phi) is 3.84. The SMILES string of the molecule is c1cc2c(cc1OCC1CCCCN1)CCCC2. The molecule has 1 atom stereocenters. The summed E-state index contributed by atoms with van der Waals surface area (Å²) in [7, 11) is 0. The fourth-order valence-electron chi connectivity index (χ4n) is 3.06. The number of ether oxygens (including phenoxy) is 1. The highest BCUT2D eigenvalue weighted by Gasteiger charge is 2.14. The molecule has 3 rings (SSSR count). The standard InChI is InChI=1S/C16H23NO/c1-2-6-14-11-16(9-8-13(14)5-1)18-12-15-7-3-4-10-17-15/h8-9,11,15,17H,1-7,10,12H2. The Morgan fingerprint density at radius 1 is 1.06 bits per heavy atom. The fourth-order valence-corrected chi connectivity index (χ4v) is 3.06. The predicted octanol–water partition coefficient (Wildman–Crippen LogP) is 3.09. The molecule has 1 heterocycles. The minimum Gasteiger partial charge on any atom is -0.492 e. The van der Waals surface area contributed by atoms with Gasteiger partial charge in [0.05, 0.1) is 0 Å². The Morgan fingerprint density at radius 3 is 2.78 bits per heavy atom. The van der Waals surface area contributed by atoms with E-state index in [1.807, 2.05) is 0 Å². The van der Waals surface area contributed by atoms with Gasteiger partial charge >= 0.3 is 0 Å². The third-order valence-corrected chi connectivity index (χ3v) is 4.18. The lowest BCUT2D eigenvalue weighted by molar-refractivity contribution is 0.239. The van der Waals surface area contributed by atoms with Crippen molar-refractivity contribution in [3.63, 3.8) is 0 Å². The summed E-state index contributed by atoms with van der Waals surface area (Å²) in [6, 6.07) is 7.22. The molecule has 0 spiro atoms. The first-order valence-electron chi connectivity index (χ1n) is 7.40. The van der Waals surface area contributed by atoms with Crippen LogP contribution >= 0.6 is 0 Å². The van der Waals surface area contributed by atoms with Crippen molar-refractivity contribution in [2.75, 3.05) is 13.2 Å². The van der Waals surface area contributed by atoms with Crippen LogP contribution in [0.3, 0.4) is 0 Å². The molecule has 98 valence electrons. The zero-order chi connectivity index (χ0) is 12.2. The van der Waals surface area contributed by atoms with Crippen molar-refractivity contribution in [1.29, 1.82) is 0 Å². The second-order valence-electron chi connectivity index (χ2n) is 5.60. The minimum absolute atomic E-state index is 0.551. The van der Waals surface area contributed by atoms with Gasteiger partial charge in [0.15, 0.2) is 0 Å². The summed E-state index contributed by atoms with van der Waals surface area (Å²) in [4.78, 5) is 0. The summed E-state index contributed by atoms with van der Waals surface area (Å²) >= 11 is 0. The molecule has 1 fully saturated rings. The van der Waals surface area contributed by atoms with Crippen molar-refractivity contribution >= 4 is 0 Å². The van der Waals surface area contributed by atoms with E-state index in [1.54, 1.807) is 0 Å². The van der Waals surface area contributed by atoms with Gasteiger partial charge in [-0.25, -0.2) is 0 Å². The molecule has 0 saturated carbocycles. The van der Waals surface area contributed by atoms with Crippen LogP contribution in [0, 0.1) is 0 Å². The number of fused-ring (bicyclic) bond motifs is 1. The zero-order valence-corrected chi connectivity index (χ0v) is 11.1. The number of nitrogens with one attached hydrogen (secondary N) is 1. The maximum atomic E-state index is 5.95. The maximum absolute atomic E-state index is 5.95. The van der Waals surface area contributed by atoms with Gasteiger partial charge in [-0.1, -0.05) is 12.5 Å². The Labute approximate surface area is 110 Å². The molecule has 0 radical (unpaired) electrons. The molecule has 1 aliphatic heterocycles. The number of piperidine rings is 1. The molecule has 2 heteroatoms. The van der Waals surface area contributed by atoms with E-state index in [0.717, 1.165) is 18.9 Å². The lowest BCUT2D eigenvalue weighted by Crippen LogP contribution is -2.38. The molecule has 1 aromatic rings. The monoisotopic (exact) mass is 245 g/mol. The van der Waals surface area contributed by atoms with E-state index in [4.69, 9.17) is 4.74 Å². The summed E-state index contributed by atoms with van der Waals surface area (Å²) < 4.78 is 5.95. The molecule has 0 aromatic heterocycles. The average Bonchev–Trinajstić information content (AvgIpc) is 2.46. The number of aryl methyl sites for hydroxylation is 2. The van der Waals surface area contributed by atoms with Crippen molar-refractivity contribution < 1.29 is 4.74 Å². The van der Waals surface area contributed by atoms with Crippen LogP contribution in [0.1, 0.15) is 43.2 Å². The average molecular weight is 245 g/mol. The molecule has 2 nitrogen and oxygen atoms in total. The number of rotatable bonds is 3. The summed E-state index contributed by atoms with van der Waals surface area (Å²) in [6.45, 7) is 1.97. The quantitative estimate of drug-likeness (QED) is 0.883. The van der Waals surface area contributed by atoms with Crippen molar-refractivity contribution in [2.24, 2.45) is 0 Å². The molecule has 1 unspecified atom stereocenters. The first-order valence-corrected chi connectivity index (χ1v) is 7.40. The molecule has 1 aliphatic carbocycles. The zero-order valence-electron chi connectivity index (χ0n) is 11.1. The van der Waals surface area contributed by atoms with Crippen LogP contribution < -0.4 is 10.1 Å². The molecule has 1 saturated heterocycles. The molecule has 1 N–H and O–H groups in total. The Hall–Kier alpha value is -1.02. The van der Waals surface area contributed by atoms with Crippen molar-refractivity contribution in [3.05, 3.63) is 29.3 Å². The van der Waals surface area contributed by atoms with Crippen LogP contribution in [0.5, 0.6) is 5.75 Å². The summed E-state index contributed by atoms with van der Waals surface area (Å²) in [6.07, 6.45) is 9.07. The minimum atomic E-state index is 0.551. The summed E-state index contributed by atoms with van der Waals surface area (Å²) in [5.74, 6) is 1.06. The highest BCUT2D eigenvalue weighted by Crippen LogP contribution is 2.25. The largest absolute Gasteiger partial charge is 0.492 e. The van der Waals surface area contributed by atoms with E-state index in [9.17, 15) is 0 Å². The van der Waals surface area contributed by atoms with E-state index in [-0.39, 0.29) is 0 Å². The van der Waals surface area contributed by atoms with Crippen LogP contribution in [-0.4, -0.2) is 19.2 Å². The second-order valence-corrected chi connectivity index (χ2v) is 5.60. The van der Waals surface area contributed by atoms with Crippen LogP contribution in [0.4, 0.5) is 0 Å². The molecule has 18 heavy (non-hydrogen) atoms. The van der Waals surface area contributed by atoms with E-state index < -0.39 is 0 Å². The highest BCUT2D eigenvalue weighted by atomic mass is 16.5. The van der Waals surface area contributed by atoms with Gasteiger partial charge in [0, 0.05) is 6.04 Å². The van der Waals surface area contributed by atoms with Gasteiger partial charge in [-0.05, 0) is 68.3 Å². The van der Waals surface area contributed by atoms with Gasteiger partial charge in [0.1, 0.15) is 12.4 Å². The molecule has 1 aromatic carbocycles. The fraction of sp³-hybridized carbons (Fsp3) is 0.625. The van der Waals surface area contributed by atoms with Crippen LogP contribution in [0.2, 0.25) is 0 Å². The molecule has 0 bridgehead atoms. The first kappa shape index (κ1) is 12.0. The number of hydrogen-bond acceptors (Lipinski definition) is 2. The van der Waals surface area contributed by atoms with Crippen LogP contribution in [0.15, 0.2) is 18.2 Å². The Morgan fingerprint density at radius 2 is 1.94 bits per heavy atom. The normalized spacial score (nSPS) is 23.4. The molecular weight excluding hydrogens is 222 g/mol. The summed E-state index contributed by atoms with van der Waals surface area (Å²) in [5.41, 5.74) is 3.04. The van der Waals surface area contributed by atoms with Crippen molar-refractivity contribution in [3.8, 4) is 5.75 Å². The van der Waals surface area contributed by atoms with Gasteiger partial charge in [0.25, 0.3) is 0 Å². The van der Waals surface area contributed by atoms with E-state index in [2.05, 4.69) is 23.5 Å². The van der Waals surface area contributed by atoms with Gasteiger partial charge < -0.3 is 10.1 Å². The third-order valence-electron chi connectivity index (χ3n) is 4.18. The van der Waals surface area contributed by atoms with Gasteiger partial charge in [-0.2, -0.15) is 0 Å². The predicted molar refractivity (Wildman–Crippen MR) is 74.2 cm³/mol. The van der Waals surface area contributed by atoms with Gasteiger partial charge in [-0.3, -0.25) is 0 Å². The molecule has 2 aliphatic rings. The molecular formula is C16H23NO. The van der Waals surface area contributed by atoms with Crippen molar-refractivity contribution in [2.45, 2.75) is 51.0 Å². The smallest absolute Gasteiger partial charge is 0.119 e. The van der Waals surface area contributed by atoms with Crippen LogP contribution in [0.25, 0.3) is 0 Å². The Balaban J connectivity index is 1.58. The van der Waals surface area contributed by atoms with Crippen molar-refractivity contribution in [1.82, 2.24) is 5.32 Å². The maximum Gasteiger partial charge on any atom is 0.119 e. The van der Waals surface area contributed by atoms with E-state index in [1.165, 1.54) is 56.1 Å². The second kappa shape index (κ2) is 5.75. The highest BCUT2D eigenvalue weighted by molar-refractivity contribution is 5.37. The first-order chi connectivity index (χ1) is 8.92. The number of hydrogen-bond donors (Lipinski definition) is 1. The molecule has 0 amide bonds. The summed E-state index contributed by atoms with van der Waals surface area (Å²) in [5, 5.41) is 3.53. The van der Waals surface area contributed by atoms with Gasteiger partial charge in [0.2, 0.25) is 0 Å². The Bertz CT molecular complexity index is 396. The van der Waals surface area contributed by atoms with Gasteiger partial charge in [-0.15, -0.1) is 0 Å². The topological polar surface area (TPSA) is 21.3 Å². The number of benzene rings is 1. The lowest BCUT2D eigenvalue weighted by atomic mass is 9.92. The van der Waals surface area contributed by atoms with E-state index in [0.29, 0.717) is 6.04 Å². The van der Waals surface area contributed by atoms with E-state index >= 15 is 0 Å². The van der Waals surface area contributed by atoms with Crippen LogP contribution in [-0.2, 0) is 12.8 Å². The third kappa shape index (κ3) is 2.86. The lowest BCUT2D eigenvalue weighted by Gasteiger charge is -2.24.